The van der Waals surface area contributed by atoms with Crippen molar-refractivity contribution in [1.82, 2.24) is 0 Å². The van der Waals surface area contributed by atoms with E-state index in [-0.39, 0.29) is 0 Å². The summed E-state index contributed by atoms with van der Waals surface area (Å²) in [6.45, 7) is 6.27. The molecule has 142 valence electrons. The second-order valence-corrected chi connectivity index (χ2v) is 9.62. The minimum Gasteiger partial charge on any atom is -0.103 e. The molecule has 1 aromatic rings. The van der Waals surface area contributed by atoms with Crippen LogP contribution in [0, 0.1) is 23.7 Å². The summed E-state index contributed by atoms with van der Waals surface area (Å²) in [6, 6.07) is 7.60. The topological polar surface area (TPSA) is 0 Å². The number of hydrogen-bond donors (Lipinski definition) is 0. The van der Waals surface area contributed by atoms with Gasteiger partial charge in [-0.15, -0.1) is 6.58 Å². The summed E-state index contributed by atoms with van der Waals surface area (Å²) in [6.07, 6.45) is 19.0. The van der Waals surface area contributed by atoms with Crippen molar-refractivity contribution in [2.75, 3.05) is 0 Å². The first kappa shape index (κ1) is 18.3. The highest BCUT2D eigenvalue weighted by Crippen LogP contribution is 2.48. The number of aryl methyl sites for hydroxylation is 1. The van der Waals surface area contributed by atoms with Crippen LogP contribution in [0.15, 0.2) is 30.9 Å². The Labute approximate surface area is 161 Å². The van der Waals surface area contributed by atoms with Gasteiger partial charge in [-0.1, -0.05) is 44.0 Å². The fourth-order valence-electron chi connectivity index (χ4n) is 6.36. The maximum absolute atomic E-state index is 3.91. The third-order valence-corrected chi connectivity index (χ3v) is 8.11. The Hall–Kier alpha value is -1.04. The Balaban J connectivity index is 1.38. The van der Waals surface area contributed by atoms with E-state index >= 15 is 0 Å². The Bertz CT molecular complexity index is 612. The van der Waals surface area contributed by atoms with Crippen LogP contribution in [0.25, 0.3) is 0 Å². The standard InChI is InChI=1S/C26H38/c1-3-5-6-20-8-10-24-18-26(14-12-22(24)16-20)25-13-11-21-15-19(4-2)7-9-23(21)17-25/h3,11,13,17,19-20,22,24,26H,1,4-10,12,14-16,18H2,2H3. The van der Waals surface area contributed by atoms with Crippen molar-refractivity contribution in [3.63, 3.8) is 0 Å². The molecule has 0 radical (unpaired) electrons. The lowest BCUT2D eigenvalue weighted by atomic mass is 9.63. The molecule has 4 rings (SSSR count). The molecule has 3 aliphatic rings. The molecule has 3 aliphatic carbocycles. The van der Waals surface area contributed by atoms with Gasteiger partial charge in [0.2, 0.25) is 0 Å². The van der Waals surface area contributed by atoms with E-state index in [2.05, 4.69) is 37.8 Å². The number of allylic oxidation sites excluding steroid dienone is 1. The van der Waals surface area contributed by atoms with Crippen LogP contribution < -0.4 is 0 Å². The minimum absolute atomic E-state index is 0.843. The van der Waals surface area contributed by atoms with Crippen molar-refractivity contribution in [1.29, 1.82) is 0 Å². The van der Waals surface area contributed by atoms with Gasteiger partial charge in [-0.05, 0) is 110 Å². The van der Waals surface area contributed by atoms with Crippen LogP contribution in [0.2, 0.25) is 0 Å². The van der Waals surface area contributed by atoms with Crippen LogP contribution >= 0.6 is 0 Å². The van der Waals surface area contributed by atoms with Crippen LogP contribution in [-0.4, -0.2) is 0 Å². The van der Waals surface area contributed by atoms with Crippen molar-refractivity contribution < 1.29 is 0 Å². The molecule has 5 unspecified atom stereocenters. The summed E-state index contributed by atoms with van der Waals surface area (Å²) in [5.41, 5.74) is 5.01. The van der Waals surface area contributed by atoms with Gasteiger partial charge in [0.15, 0.2) is 0 Å². The zero-order valence-corrected chi connectivity index (χ0v) is 16.9. The monoisotopic (exact) mass is 350 g/mol. The first-order chi connectivity index (χ1) is 12.8. The summed E-state index contributed by atoms with van der Waals surface area (Å²) in [5.74, 6) is 4.79. The molecule has 0 saturated heterocycles. The van der Waals surface area contributed by atoms with Crippen LogP contribution in [0.1, 0.15) is 93.7 Å². The van der Waals surface area contributed by atoms with Crippen LogP contribution in [0.5, 0.6) is 0 Å². The van der Waals surface area contributed by atoms with Crippen molar-refractivity contribution in [3.8, 4) is 0 Å². The molecule has 0 bridgehead atoms. The van der Waals surface area contributed by atoms with Crippen molar-refractivity contribution in [2.24, 2.45) is 23.7 Å². The summed E-state index contributed by atoms with van der Waals surface area (Å²) < 4.78 is 0. The van der Waals surface area contributed by atoms with Gasteiger partial charge in [-0.25, -0.2) is 0 Å². The van der Waals surface area contributed by atoms with Crippen molar-refractivity contribution >= 4 is 0 Å². The highest BCUT2D eigenvalue weighted by atomic mass is 14.4. The summed E-state index contributed by atoms with van der Waals surface area (Å²) in [4.78, 5) is 0. The quantitative estimate of drug-likeness (QED) is 0.483. The fraction of sp³-hybridized carbons (Fsp3) is 0.692. The Morgan fingerprint density at radius 1 is 0.962 bits per heavy atom. The Kier molecular flexibility index (Phi) is 5.87. The average Bonchev–Trinajstić information content (AvgIpc) is 2.70. The zero-order valence-electron chi connectivity index (χ0n) is 16.9. The molecule has 5 atom stereocenters. The smallest absolute Gasteiger partial charge is 0.0159 e. The maximum atomic E-state index is 3.91. The van der Waals surface area contributed by atoms with Crippen LogP contribution in [-0.2, 0) is 12.8 Å². The molecule has 1 aromatic carbocycles. The van der Waals surface area contributed by atoms with Crippen molar-refractivity contribution in [2.45, 2.75) is 89.9 Å². The SMILES string of the molecule is C=CCCC1CCC2CC(c3ccc4c(c3)CCC(CC)C4)CCC2C1. The Morgan fingerprint density at radius 2 is 1.81 bits per heavy atom. The molecule has 0 heterocycles. The maximum Gasteiger partial charge on any atom is -0.0159 e. The summed E-state index contributed by atoms with van der Waals surface area (Å²) >= 11 is 0. The average molecular weight is 351 g/mol. The van der Waals surface area contributed by atoms with E-state index in [1.165, 1.54) is 77.0 Å². The molecule has 0 aromatic heterocycles. The number of hydrogen-bond acceptors (Lipinski definition) is 0. The second kappa shape index (κ2) is 8.32. The lowest BCUT2D eigenvalue weighted by Gasteiger charge is -2.42. The lowest BCUT2D eigenvalue weighted by Crippen LogP contribution is -2.30. The molecular formula is C26H38. The van der Waals surface area contributed by atoms with Gasteiger partial charge in [0.05, 0.1) is 0 Å². The van der Waals surface area contributed by atoms with E-state index in [1.807, 2.05) is 0 Å². The largest absolute Gasteiger partial charge is 0.103 e. The van der Waals surface area contributed by atoms with Crippen molar-refractivity contribution in [3.05, 3.63) is 47.5 Å². The molecular weight excluding hydrogens is 312 g/mol. The van der Waals surface area contributed by atoms with E-state index in [1.54, 1.807) is 16.7 Å². The van der Waals surface area contributed by atoms with Crippen LogP contribution in [0.3, 0.4) is 0 Å². The van der Waals surface area contributed by atoms with E-state index in [0.717, 1.165) is 29.6 Å². The molecule has 0 amide bonds. The van der Waals surface area contributed by atoms with Gasteiger partial charge < -0.3 is 0 Å². The predicted octanol–water partition coefficient (Wildman–Crippen LogP) is 7.47. The highest BCUT2D eigenvalue weighted by Gasteiger charge is 2.35. The van der Waals surface area contributed by atoms with E-state index in [9.17, 15) is 0 Å². The molecule has 2 fully saturated rings. The predicted molar refractivity (Wildman–Crippen MR) is 113 cm³/mol. The normalized spacial score (nSPS) is 34.0. The van der Waals surface area contributed by atoms with Gasteiger partial charge in [0.25, 0.3) is 0 Å². The summed E-state index contributed by atoms with van der Waals surface area (Å²) in [5, 5.41) is 0. The molecule has 26 heavy (non-hydrogen) atoms. The third kappa shape index (κ3) is 3.95. The third-order valence-electron chi connectivity index (χ3n) is 8.11. The minimum atomic E-state index is 0.843. The first-order valence-corrected chi connectivity index (χ1v) is 11.5. The number of benzene rings is 1. The molecule has 0 nitrogen and oxygen atoms in total. The van der Waals surface area contributed by atoms with Gasteiger partial charge in [0, 0.05) is 0 Å². The van der Waals surface area contributed by atoms with Crippen LogP contribution in [0.4, 0.5) is 0 Å². The fourth-order valence-corrected chi connectivity index (χ4v) is 6.36. The molecule has 0 N–H and O–H groups in total. The van der Waals surface area contributed by atoms with Gasteiger partial charge >= 0.3 is 0 Å². The zero-order chi connectivity index (χ0) is 17.9. The molecule has 0 aliphatic heterocycles. The number of fused-ring (bicyclic) bond motifs is 2. The van der Waals surface area contributed by atoms with Gasteiger partial charge in [-0.2, -0.15) is 0 Å². The van der Waals surface area contributed by atoms with Gasteiger partial charge in [-0.3, -0.25) is 0 Å². The first-order valence-electron chi connectivity index (χ1n) is 11.5. The second-order valence-electron chi connectivity index (χ2n) is 9.62. The lowest BCUT2D eigenvalue weighted by molar-refractivity contribution is 0.115. The molecule has 2 saturated carbocycles. The summed E-state index contributed by atoms with van der Waals surface area (Å²) in [7, 11) is 0. The molecule has 0 heteroatoms. The van der Waals surface area contributed by atoms with Gasteiger partial charge in [0.1, 0.15) is 0 Å². The van der Waals surface area contributed by atoms with E-state index in [4.69, 9.17) is 0 Å². The van der Waals surface area contributed by atoms with E-state index < -0.39 is 0 Å². The van der Waals surface area contributed by atoms with E-state index in [0.29, 0.717) is 0 Å². The Morgan fingerprint density at radius 3 is 2.65 bits per heavy atom. The highest BCUT2D eigenvalue weighted by molar-refractivity contribution is 5.36. The number of rotatable bonds is 5. The molecule has 0 spiro atoms.